The van der Waals surface area contributed by atoms with E-state index in [0.717, 1.165) is 47.4 Å². The molecule has 158 valence electrons. The number of nitrogens with one attached hydrogen (secondary N) is 2. The first-order valence-corrected chi connectivity index (χ1v) is 9.86. The lowest BCUT2D eigenvalue weighted by molar-refractivity contribution is -0.384. The second-order valence-corrected chi connectivity index (χ2v) is 7.31. The van der Waals surface area contributed by atoms with Crippen molar-refractivity contribution in [1.29, 1.82) is 0 Å². The number of benzene rings is 1. The van der Waals surface area contributed by atoms with E-state index >= 15 is 0 Å². The highest BCUT2D eigenvalue weighted by molar-refractivity contribution is 6.09. The number of amides is 1. The van der Waals surface area contributed by atoms with Crippen LogP contribution in [0.4, 0.5) is 17.2 Å². The number of nitro benzene ring substituents is 1. The second kappa shape index (κ2) is 8.39. The van der Waals surface area contributed by atoms with Crippen LogP contribution in [0.5, 0.6) is 0 Å². The number of aromatic nitrogens is 1. The van der Waals surface area contributed by atoms with Gasteiger partial charge in [-0.25, -0.2) is 4.98 Å². The highest BCUT2D eigenvalue weighted by Gasteiger charge is 2.28. The molecule has 0 spiro atoms. The minimum absolute atomic E-state index is 0.0163. The van der Waals surface area contributed by atoms with Crippen molar-refractivity contribution in [3.8, 4) is 0 Å². The van der Waals surface area contributed by atoms with Gasteiger partial charge in [0.15, 0.2) is 5.76 Å². The van der Waals surface area contributed by atoms with E-state index in [1.54, 1.807) is 18.3 Å². The Labute approximate surface area is 178 Å². The maximum Gasteiger partial charge on any atom is 0.292 e. The summed E-state index contributed by atoms with van der Waals surface area (Å²) in [5, 5.41) is 18.1. The third-order valence-electron chi connectivity index (χ3n) is 5.17. The molecule has 0 radical (unpaired) electrons. The van der Waals surface area contributed by atoms with Crippen LogP contribution >= 0.6 is 0 Å². The van der Waals surface area contributed by atoms with Crippen LogP contribution in [0, 0.1) is 24.0 Å². The zero-order chi connectivity index (χ0) is 22.0. The van der Waals surface area contributed by atoms with Crippen LogP contribution < -0.4 is 10.7 Å². The summed E-state index contributed by atoms with van der Waals surface area (Å²) in [6.07, 6.45) is 3.93. The Morgan fingerprint density at radius 3 is 2.68 bits per heavy atom. The van der Waals surface area contributed by atoms with E-state index in [-0.39, 0.29) is 17.4 Å². The Morgan fingerprint density at radius 1 is 1.19 bits per heavy atom. The molecule has 0 atom stereocenters. The first-order chi connectivity index (χ1) is 14.9. The van der Waals surface area contributed by atoms with Crippen molar-refractivity contribution in [2.24, 2.45) is 5.10 Å². The molecule has 2 N–H and O–H groups in total. The Bertz CT molecular complexity index is 1180. The minimum Gasteiger partial charge on any atom is -0.455 e. The summed E-state index contributed by atoms with van der Waals surface area (Å²) in [5.41, 5.74) is 6.81. The Balaban J connectivity index is 1.58. The average molecular weight is 419 g/mol. The van der Waals surface area contributed by atoms with Crippen LogP contribution in [0.1, 0.15) is 45.8 Å². The predicted octanol–water partition coefficient (Wildman–Crippen LogP) is 4.60. The molecule has 1 aliphatic carbocycles. The fourth-order valence-electron chi connectivity index (χ4n) is 3.57. The Morgan fingerprint density at radius 2 is 1.97 bits per heavy atom. The van der Waals surface area contributed by atoms with Gasteiger partial charge in [0, 0.05) is 35.9 Å². The molecule has 0 saturated heterocycles. The first kappa shape index (κ1) is 20.3. The SMILES string of the molecule is Cc1cccnc1NC(=O)c1oc2c(c1C)/C(=N/Nc1ccc([N+](=O)[O-])cc1)CCC2. The van der Waals surface area contributed by atoms with Gasteiger partial charge in [-0.15, -0.1) is 0 Å². The predicted molar refractivity (Wildman–Crippen MR) is 117 cm³/mol. The van der Waals surface area contributed by atoms with Gasteiger partial charge in [0.25, 0.3) is 11.6 Å². The summed E-state index contributed by atoms with van der Waals surface area (Å²) < 4.78 is 5.91. The fraction of sp³-hybridized carbons (Fsp3) is 0.227. The van der Waals surface area contributed by atoms with Gasteiger partial charge in [0.1, 0.15) is 11.6 Å². The van der Waals surface area contributed by atoms with Crippen molar-refractivity contribution in [3.63, 3.8) is 0 Å². The molecule has 2 aromatic heterocycles. The highest BCUT2D eigenvalue weighted by atomic mass is 16.6. The molecule has 0 saturated carbocycles. The lowest BCUT2D eigenvalue weighted by Crippen LogP contribution is -2.15. The highest BCUT2D eigenvalue weighted by Crippen LogP contribution is 2.30. The molecule has 0 bridgehead atoms. The van der Waals surface area contributed by atoms with E-state index in [1.807, 2.05) is 26.0 Å². The van der Waals surface area contributed by atoms with Gasteiger partial charge in [0.05, 0.1) is 16.3 Å². The summed E-state index contributed by atoms with van der Waals surface area (Å²) in [4.78, 5) is 27.4. The normalized spacial score (nSPS) is 14.2. The van der Waals surface area contributed by atoms with Gasteiger partial charge in [-0.1, -0.05) is 6.07 Å². The first-order valence-electron chi connectivity index (χ1n) is 9.86. The third kappa shape index (κ3) is 4.16. The quantitative estimate of drug-likeness (QED) is 0.460. The topological polar surface area (TPSA) is 123 Å². The van der Waals surface area contributed by atoms with Crippen molar-refractivity contribution in [2.45, 2.75) is 33.1 Å². The number of nitro groups is 1. The summed E-state index contributed by atoms with van der Waals surface area (Å²) in [7, 11) is 0. The van der Waals surface area contributed by atoms with Crippen LogP contribution in [0.2, 0.25) is 0 Å². The second-order valence-electron chi connectivity index (χ2n) is 7.31. The number of furan rings is 1. The number of pyridine rings is 1. The van der Waals surface area contributed by atoms with Crippen molar-refractivity contribution in [3.05, 3.63) is 80.9 Å². The van der Waals surface area contributed by atoms with Crippen LogP contribution in [-0.4, -0.2) is 21.5 Å². The maximum absolute atomic E-state index is 12.8. The molecule has 1 aromatic carbocycles. The molecule has 3 aromatic rings. The maximum atomic E-state index is 12.8. The molecule has 9 heteroatoms. The molecular weight excluding hydrogens is 398 g/mol. The number of rotatable bonds is 5. The van der Waals surface area contributed by atoms with Crippen LogP contribution in [0.15, 0.2) is 52.1 Å². The minimum atomic E-state index is -0.447. The monoisotopic (exact) mass is 419 g/mol. The molecule has 0 aliphatic heterocycles. The molecule has 1 aliphatic rings. The summed E-state index contributed by atoms with van der Waals surface area (Å²) in [5.74, 6) is 1.13. The van der Waals surface area contributed by atoms with E-state index in [0.29, 0.717) is 11.5 Å². The standard InChI is InChI=1S/C22H21N5O4/c1-13-5-4-12-23-21(13)24-22(28)20-14(2)19-17(6-3-7-18(19)31-20)26-25-15-8-10-16(11-9-15)27(29)30/h4-5,8-12,25H,3,6-7H2,1-2H3,(H,23,24,28)/b26-17+. The van der Waals surface area contributed by atoms with Crippen molar-refractivity contribution in [2.75, 3.05) is 10.7 Å². The van der Waals surface area contributed by atoms with Gasteiger partial charge in [-0.3, -0.25) is 20.3 Å². The van der Waals surface area contributed by atoms with E-state index in [1.165, 1.54) is 12.1 Å². The molecule has 0 unspecified atom stereocenters. The van der Waals surface area contributed by atoms with Crippen molar-refractivity contribution in [1.82, 2.24) is 4.98 Å². The summed E-state index contributed by atoms with van der Waals surface area (Å²) in [6.45, 7) is 3.71. The summed E-state index contributed by atoms with van der Waals surface area (Å²) >= 11 is 0. The van der Waals surface area contributed by atoms with Crippen LogP contribution in [-0.2, 0) is 6.42 Å². The number of carbonyl (C=O) groups excluding carboxylic acids is 1. The van der Waals surface area contributed by atoms with E-state index < -0.39 is 4.92 Å². The number of anilines is 2. The average Bonchev–Trinajstić information content (AvgIpc) is 3.11. The number of nitrogens with zero attached hydrogens (tertiary/aromatic N) is 3. The Kier molecular flexibility index (Phi) is 5.48. The molecule has 2 heterocycles. The number of carbonyl (C=O) groups is 1. The molecule has 0 fully saturated rings. The number of hydrazone groups is 1. The number of aryl methyl sites for hydroxylation is 2. The smallest absolute Gasteiger partial charge is 0.292 e. The molecular formula is C22H21N5O4. The lowest BCUT2D eigenvalue weighted by atomic mass is 9.93. The van der Waals surface area contributed by atoms with E-state index in [2.05, 4.69) is 20.8 Å². The summed E-state index contributed by atoms with van der Waals surface area (Å²) in [6, 6.07) is 9.71. The van der Waals surface area contributed by atoms with Gasteiger partial charge >= 0.3 is 0 Å². The molecule has 31 heavy (non-hydrogen) atoms. The zero-order valence-electron chi connectivity index (χ0n) is 17.1. The molecule has 9 nitrogen and oxygen atoms in total. The lowest BCUT2D eigenvalue weighted by Gasteiger charge is -2.13. The number of hydrogen-bond donors (Lipinski definition) is 2. The Hall–Kier alpha value is -4.01. The van der Waals surface area contributed by atoms with Crippen molar-refractivity contribution < 1.29 is 14.1 Å². The largest absolute Gasteiger partial charge is 0.455 e. The zero-order valence-corrected chi connectivity index (χ0v) is 17.1. The van der Waals surface area contributed by atoms with E-state index in [4.69, 9.17) is 4.42 Å². The van der Waals surface area contributed by atoms with Gasteiger partial charge < -0.3 is 9.73 Å². The molecule has 1 amide bonds. The van der Waals surface area contributed by atoms with Gasteiger partial charge in [-0.2, -0.15) is 5.10 Å². The van der Waals surface area contributed by atoms with Crippen molar-refractivity contribution >= 4 is 28.8 Å². The van der Waals surface area contributed by atoms with Crippen LogP contribution in [0.3, 0.4) is 0 Å². The molecule has 4 rings (SSSR count). The fourth-order valence-corrected chi connectivity index (χ4v) is 3.57. The third-order valence-corrected chi connectivity index (χ3v) is 5.17. The van der Waals surface area contributed by atoms with E-state index in [9.17, 15) is 14.9 Å². The number of non-ortho nitro benzene ring substituents is 1. The number of hydrogen-bond acceptors (Lipinski definition) is 7. The van der Waals surface area contributed by atoms with Crippen LogP contribution in [0.25, 0.3) is 0 Å². The van der Waals surface area contributed by atoms with Gasteiger partial charge in [-0.05, 0) is 50.5 Å². The number of fused-ring (bicyclic) bond motifs is 1. The van der Waals surface area contributed by atoms with Gasteiger partial charge in [0.2, 0.25) is 0 Å².